The van der Waals surface area contributed by atoms with Crippen LogP contribution in [-0.4, -0.2) is 48.4 Å². The zero-order chi connectivity index (χ0) is 19.0. The number of likely N-dealkylation sites (tertiary alicyclic amines) is 1. The Morgan fingerprint density at radius 1 is 1.00 bits per heavy atom. The fourth-order valence-corrected chi connectivity index (χ4v) is 4.83. The zero-order valence-electron chi connectivity index (χ0n) is 16.7. The minimum atomic E-state index is -0.172. The van der Waals surface area contributed by atoms with E-state index in [0.29, 0.717) is 12.0 Å². The molecule has 0 aromatic heterocycles. The highest BCUT2D eigenvalue weighted by Crippen LogP contribution is 2.45. The number of fused-ring (bicyclic) bond motifs is 3. The Morgan fingerprint density at radius 2 is 1.52 bits per heavy atom. The van der Waals surface area contributed by atoms with Gasteiger partial charge in [0.1, 0.15) is 0 Å². The molecule has 3 nitrogen and oxygen atoms in total. The van der Waals surface area contributed by atoms with Crippen molar-refractivity contribution in [1.82, 2.24) is 9.80 Å². The Labute approximate surface area is 163 Å². The highest BCUT2D eigenvalue weighted by Gasteiger charge is 2.36. The van der Waals surface area contributed by atoms with Crippen molar-refractivity contribution in [3.63, 3.8) is 0 Å². The van der Waals surface area contributed by atoms with Gasteiger partial charge in [0, 0.05) is 19.6 Å². The second-order valence-electron chi connectivity index (χ2n) is 8.38. The predicted molar refractivity (Wildman–Crippen MR) is 111 cm³/mol. The molecule has 27 heavy (non-hydrogen) atoms. The molecule has 1 atom stereocenters. The molecule has 1 fully saturated rings. The van der Waals surface area contributed by atoms with Gasteiger partial charge >= 0.3 is 0 Å². The van der Waals surface area contributed by atoms with Gasteiger partial charge in [-0.2, -0.15) is 0 Å². The highest BCUT2D eigenvalue weighted by atomic mass is 16.2. The standard InChI is InChI=1S/C24H30N2O/c1-17(2)22(26-14-8-9-15-26)16-25(3)24(27)23-20-12-6-4-10-18(20)19-11-5-7-13-21(19)23/h4-7,10-13,17,22-23H,8-9,14-16H2,1-3H3. The molecular formula is C24H30N2O. The van der Waals surface area contributed by atoms with Gasteiger partial charge in [-0.25, -0.2) is 0 Å². The number of carbonyl (C=O) groups excluding carboxylic acids is 1. The van der Waals surface area contributed by atoms with Gasteiger partial charge in [0.05, 0.1) is 5.92 Å². The minimum Gasteiger partial charge on any atom is -0.343 e. The molecule has 2 aliphatic rings. The summed E-state index contributed by atoms with van der Waals surface area (Å²) in [5.41, 5.74) is 4.72. The average Bonchev–Trinajstić information content (AvgIpc) is 3.31. The highest BCUT2D eigenvalue weighted by molar-refractivity contribution is 5.96. The largest absolute Gasteiger partial charge is 0.343 e. The summed E-state index contributed by atoms with van der Waals surface area (Å²) in [6.07, 6.45) is 2.56. The third kappa shape index (κ3) is 3.29. The van der Waals surface area contributed by atoms with Crippen LogP contribution in [0.5, 0.6) is 0 Å². The summed E-state index contributed by atoms with van der Waals surface area (Å²) >= 11 is 0. The Balaban J connectivity index is 1.60. The Bertz CT molecular complexity index is 777. The molecule has 2 aromatic rings. The molecule has 1 aliphatic carbocycles. The number of nitrogens with zero attached hydrogens (tertiary/aromatic N) is 2. The smallest absolute Gasteiger partial charge is 0.234 e. The second kappa shape index (κ2) is 7.47. The van der Waals surface area contributed by atoms with Crippen LogP contribution in [-0.2, 0) is 4.79 Å². The SMILES string of the molecule is CC(C)C(CN(C)C(=O)C1c2ccccc2-c2ccccc21)N1CCCC1. The lowest BCUT2D eigenvalue weighted by Crippen LogP contribution is -2.47. The third-order valence-corrected chi connectivity index (χ3v) is 6.30. The molecule has 0 spiro atoms. The zero-order valence-corrected chi connectivity index (χ0v) is 16.7. The maximum absolute atomic E-state index is 13.6. The van der Waals surface area contributed by atoms with Crippen LogP contribution in [0.1, 0.15) is 43.7 Å². The summed E-state index contributed by atoms with van der Waals surface area (Å²) in [6.45, 7) is 7.69. The van der Waals surface area contributed by atoms with Crippen LogP contribution in [0, 0.1) is 5.92 Å². The Morgan fingerprint density at radius 3 is 2.04 bits per heavy atom. The number of amides is 1. The van der Waals surface area contributed by atoms with E-state index in [1.165, 1.54) is 37.1 Å². The van der Waals surface area contributed by atoms with E-state index in [2.05, 4.69) is 55.1 Å². The molecule has 1 heterocycles. The monoisotopic (exact) mass is 362 g/mol. The molecule has 0 saturated carbocycles. The maximum atomic E-state index is 13.6. The molecule has 1 unspecified atom stereocenters. The first-order valence-corrected chi connectivity index (χ1v) is 10.2. The molecule has 1 aliphatic heterocycles. The maximum Gasteiger partial charge on any atom is 0.234 e. The molecule has 2 aromatic carbocycles. The van der Waals surface area contributed by atoms with E-state index in [0.717, 1.165) is 17.7 Å². The van der Waals surface area contributed by atoms with Crippen LogP contribution in [0.3, 0.4) is 0 Å². The van der Waals surface area contributed by atoms with Crippen molar-refractivity contribution in [1.29, 1.82) is 0 Å². The summed E-state index contributed by atoms with van der Waals surface area (Å²) in [6, 6.07) is 17.2. The van der Waals surface area contributed by atoms with Crippen LogP contribution in [0.2, 0.25) is 0 Å². The van der Waals surface area contributed by atoms with Crippen LogP contribution in [0.25, 0.3) is 11.1 Å². The molecule has 0 bridgehead atoms. The van der Waals surface area contributed by atoms with Crippen LogP contribution >= 0.6 is 0 Å². The third-order valence-electron chi connectivity index (χ3n) is 6.30. The first-order chi connectivity index (χ1) is 13.1. The predicted octanol–water partition coefficient (Wildman–Crippen LogP) is 4.38. The van der Waals surface area contributed by atoms with Crippen molar-refractivity contribution >= 4 is 5.91 Å². The molecule has 0 radical (unpaired) electrons. The van der Waals surface area contributed by atoms with Gasteiger partial charge in [-0.15, -0.1) is 0 Å². The average molecular weight is 363 g/mol. The molecule has 0 N–H and O–H groups in total. The fraction of sp³-hybridized carbons (Fsp3) is 0.458. The molecule has 1 amide bonds. The fourth-order valence-electron chi connectivity index (χ4n) is 4.83. The quantitative estimate of drug-likeness (QED) is 0.788. The van der Waals surface area contributed by atoms with E-state index in [1.54, 1.807) is 0 Å². The summed E-state index contributed by atoms with van der Waals surface area (Å²) in [7, 11) is 1.98. The van der Waals surface area contributed by atoms with Crippen molar-refractivity contribution in [3.8, 4) is 11.1 Å². The van der Waals surface area contributed by atoms with E-state index in [1.807, 2.05) is 24.1 Å². The van der Waals surface area contributed by atoms with E-state index in [9.17, 15) is 4.79 Å². The number of benzene rings is 2. The number of carbonyl (C=O) groups is 1. The molecule has 3 heteroatoms. The van der Waals surface area contributed by atoms with E-state index in [4.69, 9.17) is 0 Å². The lowest BCUT2D eigenvalue weighted by atomic mass is 9.94. The lowest BCUT2D eigenvalue weighted by Gasteiger charge is -2.35. The van der Waals surface area contributed by atoms with Crippen molar-refractivity contribution in [2.75, 3.05) is 26.7 Å². The topological polar surface area (TPSA) is 23.6 Å². The van der Waals surface area contributed by atoms with E-state index >= 15 is 0 Å². The van der Waals surface area contributed by atoms with Crippen molar-refractivity contribution in [2.45, 2.75) is 38.6 Å². The van der Waals surface area contributed by atoms with E-state index in [-0.39, 0.29) is 11.8 Å². The first-order valence-electron chi connectivity index (χ1n) is 10.2. The number of likely N-dealkylation sites (N-methyl/N-ethyl adjacent to an activating group) is 1. The van der Waals surface area contributed by atoms with Gasteiger partial charge in [-0.05, 0) is 54.1 Å². The number of hydrogen-bond acceptors (Lipinski definition) is 2. The van der Waals surface area contributed by atoms with Gasteiger partial charge in [-0.3, -0.25) is 9.69 Å². The van der Waals surface area contributed by atoms with Crippen LogP contribution in [0.15, 0.2) is 48.5 Å². The lowest BCUT2D eigenvalue weighted by molar-refractivity contribution is -0.131. The molecule has 142 valence electrons. The second-order valence-corrected chi connectivity index (χ2v) is 8.38. The molecular weight excluding hydrogens is 332 g/mol. The van der Waals surface area contributed by atoms with Gasteiger partial charge < -0.3 is 4.90 Å². The molecule has 1 saturated heterocycles. The summed E-state index contributed by atoms with van der Waals surface area (Å²) in [4.78, 5) is 18.1. The summed E-state index contributed by atoms with van der Waals surface area (Å²) < 4.78 is 0. The van der Waals surface area contributed by atoms with Crippen LogP contribution < -0.4 is 0 Å². The Kier molecular flexibility index (Phi) is 5.05. The van der Waals surface area contributed by atoms with Crippen molar-refractivity contribution in [2.24, 2.45) is 5.92 Å². The van der Waals surface area contributed by atoms with Gasteiger partial charge in [-0.1, -0.05) is 62.4 Å². The normalized spacial score (nSPS) is 17.8. The summed E-state index contributed by atoms with van der Waals surface area (Å²) in [5.74, 6) is 0.590. The van der Waals surface area contributed by atoms with Crippen molar-refractivity contribution < 1.29 is 4.79 Å². The minimum absolute atomic E-state index is 0.172. The van der Waals surface area contributed by atoms with Crippen molar-refractivity contribution in [3.05, 3.63) is 59.7 Å². The Hall–Kier alpha value is -2.13. The number of rotatable bonds is 5. The molecule has 4 rings (SSSR count). The summed E-state index contributed by atoms with van der Waals surface area (Å²) in [5, 5.41) is 0. The number of hydrogen-bond donors (Lipinski definition) is 0. The van der Waals surface area contributed by atoms with Gasteiger partial charge in [0.2, 0.25) is 5.91 Å². The first kappa shape index (κ1) is 18.2. The van der Waals surface area contributed by atoms with Gasteiger partial charge in [0.25, 0.3) is 0 Å². The van der Waals surface area contributed by atoms with Gasteiger partial charge in [0.15, 0.2) is 0 Å². The van der Waals surface area contributed by atoms with E-state index < -0.39 is 0 Å². The van der Waals surface area contributed by atoms with Crippen LogP contribution in [0.4, 0.5) is 0 Å².